The molecule has 0 aliphatic carbocycles. The lowest BCUT2D eigenvalue weighted by atomic mass is 9.98. The number of rotatable bonds is 4. The molecule has 1 aromatic carbocycles. The maximum atomic E-state index is 11.3. The van der Waals surface area contributed by atoms with E-state index < -0.39 is 10.0 Å². The van der Waals surface area contributed by atoms with E-state index in [1.807, 2.05) is 24.3 Å². The second kappa shape index (κ2) is 6.18. The van der Waals surface area contributed by atoms with E-state index >= 15 is 0 Å². The molecule has 0 amide bonds. The summed E-state index contributed by atoms with van der Waals surface area (Å²) in [5.41, 5.74) is 0.934. The fourth-order valence-corrected chi connectivity index (χ4v) is 3.47. The quantitative estimate of drug-likeness (QED) is 0.921. The van der Waals surface area contributed by atoms with Crippen molar-refractivity contribution in [1.29, 1.82) is 0 Å². The van der Waals surface area contributed by atoms with E-state index in [2.05, 4.69) is 19.6 Å². The minimum Gasteiger partial charge on any atom is -0.356 e. The normalized spacial score (nSPS) is 19.5. The van der Waals surface area contributed by atoms with Crippen LogP contribution in [-0.4, -0.2) is 44.3 Å². The average molecular weight is 320 g/mol. The van der Waals surface area contributed by atoms with Gasteiger partial charge in [-0.15, -0.1) is 0 Å². The van der Waals surface area contributed by atoms with E-state index in [1.54, 1.807) is 6.33 Å². The molecule has 2 heterocycles. The molecule has 1 atom stereocenters. The van der Waals surface area contributed by atoms with Crippen molar-refractivity contribution in [2.75, 3.05) is 30.8 Å². The number of sulfonamides is 1. The Labute approximate surface area is 130 Å². The van der Waals surface area contributed by atoms with Crippen LogP contribution in [0.15, 0.2) is 30.6 Å². The zero-order valence-electron chi connectivity index (χ0n) is 12.6. The van der Waals surface area contributed by atoms with Crippen molar-refractivity contribution in [2.45, 2.75) is 12.8 Å². The number of para-hydroxylation sites is 1. The molecular weight excluding hydrogens is 300 g/mol. The van der Waals surface area contributed by atoms with Crippen LogP contribution in [0.5, 0.6) is 0 Å². The highest BCUT2D eigenvalue weighted by Gasteiger charge is 2.23. The molecule has 1 N–H and O–H groups in total. The van der Waals surface area contributed by atoms with Gasteiger partial charge in [-0.3, -0.25) is 0 Å². The van der Waals surface area contributed by atoms with E-state index in [9.17, 15) is 8.42 Å². The summed E-state index contributed by atoms with van der Waals surface area (Å²) < 4.78 is 25.1. The van der Waals surface area contributed by atoms with Crippen LogP contribution in [0.1, 0.15) is 12.8 Å². The lowest BCUT2D eigenvalue weighted by Gasteiger charge is -2.34. The number of aromatic nitrogens is 2. The highest BCUT2D eigenvalue weighted by atomic mass is 32.2. The van der Waals surface area contributed by atoms with Gasteiger partial charge in [0, 0.05) is 25.0 Å². The summed E-state index contributed by atoms with van der Waals surface area (Å²) >= 11 is 0. The van der Waals surface area contributed by atoms with Gasteiger partial charge in [-0.05, 0) is 30.9 Å². The molecule has 1 fully saturated rings. The van der Waals surface area contributed by atoms with Crippen molar-refractivity contribution in [3.8, 4) is 0 Å². The van der Waals surface area contributed by atoms with Crippen molar-refractivity contribution < 1.29 is 8.42 Å². The molecule has 0 saturated carbocycles. The van der Waals surface area contributed by atoms with Gasteiger partial charge in [0.1, 0.15) is 12.1 Å². The molecule has 7 heteroatoms. The molecule has 1 aliphatic rings. The molecule has 0 radical (unpaired) electrons. The third kappa shape index (κ3) is 3.53. The molecule has 0 bridgehead atoms. The first-order chi connectivity index (χ1) is 10.5. The van der Waals surface area contributed by atoms with Gasteiger partial charge in [-0.25, -0.2) is 23.1 Å². The molecule has 1 saturated heterocycles. The topological polar surface area (TPSA) is 75.2 Å². The number of nitrogens with one attached hydrogen (secondary N) is 1. The Hall–Kier alpha value is -1.73. The second-order valence-electron chi connectivity index (χ2n) is 5.79. The SMILES string of the molecule is CS(=O)(=O)NC[C@@H]1CCCN(c2ncnc3ccccc23)C1. The minimum absolute atomic E-state index is 0.303. The largest absolute Gasteiger partial charge is 0.356 e. The first-order valence-electron chi connectivity index (χ1n) is 7.42. The monoisotopic (exact) mass is 320 g/mol. The third-order valence-electron chi connectivity index (χ3n) is 3.97. The van der Waals surface area contributed by atoms with Crippen molar-refractivity contribution in [3.05, 3.63) is 30.6 Å². The van der Waals surface area contributed by atoms with Crippen molar-refractivity contribution >= 4 is 26.7 Å². The van der Waals surface area contributed by atoms with Gasteiger partial charge >= 0.3 is 0 Å². The third-order valence-corrected chi connectivity index (χ3v) is 4.67. The molecule has 22 heavy (non-hydrogen) atoms. The molecule has 3 rings (SSSR count). The van der Waals surface area contributed by atoms with Crippen molar-refractivity contribution in [2.24, 2.45) is 5.92 Å². The molecule has 0 unspecified atom stereocenters. The van der Waals surface area contributed by atoms with Gasteiger partial charge in [0.05, 0.1) is 11.8 Å². The van der Waals surface area contributed by atoms with E-state index in [-0.39, 0.29) is 0 Å². The summed E-state index contributed by atoms with van der Waals surface area (Å²) in [6.45, 7) is 2.23. The Balaban J connectivity index is 1.79. The number of benzene rings is 1. The average Bonchev–Trinajstić information content (AvgIpc) is 2.52. The number of fused-ring (bicyclic) bond motifs is 1. The van der Waals surface area contributed by atoms with Gasteiger partial charge in [0.2, 0.25) is 10.0 Å². The molecule has 6 nitrogen and oxygen atoms in total. The second-order valence-corrected chi connectivity index (χ2v) is 7.62. The van der Waals surface area contributed by atoms with Gasteiger partial charge in [-0.2, -0.15) is 0 Å². The molecular formula is C15H20N4O2S. The zero-order chi connectivity index (χ0) is 15.6. The Morgan fingerprint density at radius 2 is 2.14 bits per heavy atom. The van der Waals surface area contributed by atoms with E-state index in [4.69, 9.17) is 0 Å². The summed E-state index contributed by atoms with van der Waals surface area (Å²) in [4.78, 5) is 11.0. The number of anilines is 1. The number of hydrogen-bond donors (Lipinski definition) is 1. The summed E-state index contributed by atoms with van der Waals surface area (Å²) in [5.74, 6) is 1.24. The Morgan fingerprint density at radius 1 is 1.32 bits per heavy atom. The fourth-order valence-electron chi connectivity index (χ4n) is 2.94. The van der Waals surface area contributed by atoms with Gasteiger partial charge in [0.15, 0.2) is 0 Å². The number of piperidine rings is 1. The van der Waals surface area contributed by atoms with Crippen LogP contribution in [0.25, 0.3) is 10.9 Å². The maximum Gasteiger partial charge on any atom is 0.208 e. The highest BCUT2D eigenvalue weighted by Crippen LogP contribution is 2.27. The van der Waals surface area contributed by atoms with Crippen molar-refractivity contribution in [3.63, 3.8) is 0 Å². The van der Waals surface area contributed by atoms with E-state index in [0.29, 0.717) is 12.5 Å². The van der Waals surface area contributed by atoms with Crippen LogP contribution in [0.4, 0.5) is 5.82 Å². The molecule has 1 aliphatic heterocycles. The van der Waals surface area contributed by atoms with E-state index in [0.717, 1.165) is 42.7 Å². The number of hydrogen-bond acceptors (Lipinski definition) is 5. The van der Waals surface area contributed by atoms with Crippen LogP contribution in [0, 0.1) is 5.92 Å². The molecule has 1 aromatic heterocycles. The lowest BCUT2D eigenvalue weighted by molar-refractivity contribution is 0.410. The van der Waals surface area contributed by atoms with Crippen LogP contribution in [0.2, 0.25) is 0 Å². The first kappa shape index (κ1) is 15.2. The minimum atomic E-state index is -3.13. The maximum absolute atomic E-state index is 11.3. The standard InChI is InChI=1S/C15H20N4O2S/c1-22(20,21)18-9-12-5-4-8-19(10-12)15-13-6-2-3-7-14(13)16-11-17-15/h2-3,6-7,11-12,18H,4-5,8-10H2,1H3/t12-/m0/s1. The van der Waals surface area contributed by atoms with Gasteiger partial charge in [0.25, 0.3) is 0 Å². The lowest BCUT2D eigenvalue weighted by Crippen LogP contribution is -2.41. The van der Waals surface area contributed by atoms with Gasteiger partial charge in [-0.1, -0.05) is 12.1 Å². The molecule has 118 valence electrons. The smallest absolute Gasteiger partial charge is 0.208 e. The highest BCUT2D eigenvalue weighted by molar-refractivity contribution is 7.88. The summed E-state index contributed by atoms with van der Waals surface area (Å²) in [6.07, 6.45) is 4.86. The zero-order valence-corrected chi connectivity index (χ0v) is 13.4. The predicted molar refractivity (Wildman–Crippen MR) is 87.3 cm³/mol. The van der Waals surface area contributed by atoms with Crippen LogP contribution < -0.4 is 9.62 Å². The first-order valence-corrected chi connectivity index (χ1v) is 9.31. The summed E-state index contributed by atoms with van der Waals surface area (Å²) in [6, 6.07) is 7.96. The van der Waals surface area contributed by atoms with Gasteiger partial charge < -0.3 is 4.90 Å². The fraction of sp³-hybridized carbons (Fsp3) is 0.467. The Bertz CT molecular complexity index is 758. The number of nitrogens with zero attached hydrogens (tertiary/aromatic N) is 3. The summed E-state index contributed by atoms with van der Waals surface area (Å²) in [7, 11) is -3.13. The van der Waals surface area contributed by atoms with Crippen LogP contribution in [0.3, 0.4) is 0 Å². The molecule has 0 spiro atoms. The van der Waals surface area contributed by atoms with E-state index in [1.165, 1.54) is 6.26 Å². The Morgan fingerprint density at radius 3 is 2.95 bits per heavy atom. The molecule has 2 aromatic rings. The van der Waals surface area contributed by atoms with Crippen molar-refractivity contribution in [1.82, 2.24) is 14.7 Å². The van der Waals surface area contributed by atoms with Crippen LogP contribution >= 0.6 is 0 Å². The predicted octanol–water partition coefficient (Wildman–Crippen LogP) is 1.40. The summed E-state index contributed by atoms with van der Waals surface area (Å²) in [5, 5.41) is 1.04. The van der Waals surface area contributed by atoms with Crippen LogP contribution in [-0.2, 0) is 10.0 Å². The Kier molecular flexibility index (Phi) is 4.26.